The minimum absolute atomic E-state index is 0.119. The molecule has 0 saturated heterocycles. The third-order valence-electron chi connectivity index (χ3n) is 9.73. The van der Waals surface area contributed by atoms with E-state index in [1.165, 1.54) is 32.1 Å². The Balaban J connectivity index is 1.34. The summed E-state index contributed by atoms with van der Waals surface area (Å²) in [6.45, 7) is 4.96. The van der Waals surface area contributed by atoms with E-state index in [9.17, 15) is 4.79 Å². The molecule has 5 heteroatoms. The maximum absolute atomic E-state index is 12.3. The molecule has 2 aromatic heterocycles. The van der Waals surface area contributed by atoms with Gasteiger partial charge in [0.25, 0.3) is 0 Å². The highest BCUT2D eigenvalue weighted by Gasteiger charge is 2.60. The van der Waals surface area contributed by atoms with Gasteiger partial charge in [-0.15, -0.1) is 0 Å². The Morgan fingerprint density at radius 3 is 2.83 bits per heavy atom. The van der Waals surface area contributed by atoms with Gasteiger partial charge in [0.2, 0.25) is 5.91 Å². The first-order valence-electron chi connectivity index (χ1n) is 11.7. The number of hydrogen-bond acceptors (Lipinski definition) is 3. The van der Waals surface area contributed by atoms with Gasteiger partial charge in [0.05, 0.1) is 5.52 Å². The topological polar surface area (TPSA) is 61.9 Å². The monoisotopic (exact) mass is 404 g/mol. The number of carbonyl (C=O) groups is 1. The smallest absolute Gasteiger partial charge is 0.246 e. The van der Waals surface area contributed by atoms with Crippen LogP contribution in [-0.2, 0) is 4.79 Å². The number of likely N-dealkylation sites (N-methyl/N-ethyl adjacent to an activating group) is 1. The van der Waals surface area contributed by atoms with Gasteiger partial charge in [-0.25, -0.2) is 9.97 Å². The zero-order valence-corrected chi connectivity index (χ0v) is 18.3. The number of carbonyl (C=O) groups excluding carboxylic acids is 1. The number of H-pyrrole nitrogens is 1. The molecule has 2 aromatic rings. The first-order valence-corrected chi connectivity index (χ1v) is 11.7. The Morgan fingerprint density at radius 1 is 1.13 bits per heavy atom. The second-order valence-corrected chi connectivity index (χ2v) is 10.8. The zero-order chi connectivity index (χ0) is 20.7. The molecule has 2 unspecified atom stereocenters. The van der Waals surface area contributed by atoms with Gasteiger partial charge in [-0.2, -0.15) is 0 Å². The molecule has 7 atom stereocenters. The van der Waals surface area contributed by atoms with Crippen molar-refractivity contribution in [3.05, 3.63) is 36.3 Å². The SMILES string of the molecule is CN1C(=O)C=C[C@@]2(C)C1CC[C@@H]1[C@H]2CC[C@]2(C)C(c3nc4ncccc4[nH]3)CC[C@@H]12. The first kappa shape index (κ1) is 18.6. The van der Waals surface area contributed by atoms with E-state index in [1.54, 1.807) is 0 Å². The van der Waals surface area contributed by atoms with E-state index in [-0.39, 0.29) is 11.3 Å². The van der Waals surface area contributed by atoms with Crippen LogP contribution in [0.4, 0.5) is 0 Å². The highest BCUT2D eigenvalue weighted by Crippen LogP contribution is 2.67. The van der Waals surface area contributed by atoms with E-state index in [0.717, 1.165) is 35.2 Å². The molecule has 5 nitrogen and oxygen atoms in total. The summed E-state index contributed by atoms with van der Waals surface area (Å²) in [5, 5.41) is 0. The van der Waals surface area contributed by atoms with E-state index in [4.69, 9.17) is 4.98 Å². The first-order chi connectivity index (χ1) is 14.4. The average molecular weight is 405 g/mol. The molecule has 0 aromatic carbocycles. The fourth-order valence-corrected chi connectivity index (χ4v) is 8.22. The summed E-state index contributed by atoms with van der Waals surface area (Å²) in [7, 11) is 2.00. The van der Waals surface area contributed by atoms with Crippen LogP contribution < -0.4 is 0 Å². The highest BCUT2D eigenvalue weighted by atomic mass is 16.2. The molecule has 3 aliphatic carbocycles. The average Bonchev–Trinajstić information content (AvgIpc) is 3.31. The molecule has 0 bridgehead atoms. The Kier molecular flexibility index (Phi) is 3.83. The molecule has 3 saturated carbocycles. The maximum Gasteiger partial charge on any atom is 0.246 e. The Morgan fingerprint density at radius 2 is 2.00 bits per heavy atom. The number of aromatic amines is 1. The van der Waals surface area contributed by atoms with Crippen LogP contribution >= 0.6 is 0 Å². The third kappa shape index (κ3) is 2.32. The van der Waals surface area contributed by atoms with Crippen LogP contribution in [0.3, 0.4) is 0 Å². The lowest BCUT2D eigenvalue weighted by Gasteiger charge is -2.60. The number of amides is 1. The van der Waals surface area contributed by atoms with Crippen molar-refractivity contribution in [2.45, 2.75) is 64.3 Å². The molecule has 0 spiro atoms. The molecule has 158 valence electrons. The Hall–Kier alpha value is -2.17. The van der Waals surface area contributed by atoms with Gasteiger partial charge in [-0.1, -0.05) is 19.9 Å². The predicted octanol–water partition coefficient (Wildman–Crippen LogP) is 4.68. The number of nitrogens with zero attached hydrogens (tertiary/aromatic N) is 3. The summed E-state index contributed by atoms with van der Waals surface area (Å²) in [6.07, 6.45) is 13.4. The summed E-state index contributed by atoms with van der Waals surface area (Å²) in [5.74, 6) is 4.00. The third-order valence-corrected chi connectivity index (χ3v) is 9.73. The van der Waals surface area contributed by atoms with Crippen LogP contribution in [-0.4, -0.2) is 38.8 Å². The van der Waals surface area contributed by atoms with E-state index < -0.39 is 0 Å². The summed E-state index contributed by atoms with van der Waals surface area (Å²) in [4.78, 5) is 27.3. The van der Waals surface area contributed by atoms with Crippen molar-refractivity contribution in [3.8, 4) is 0 Å². The maximum atomic E-state index is 12.3. The largest absolute Gasteiger partial charge is 0.340 e. The minimum atomic E-state index is 0.119. The van der Waals surface area contributed by atoms with Crippen LogP contribution in [0, 0.1) is 28.6 Å². The van der Waals surface area contributed by atoms with E-state index in [1.807, 2.05) is 30.3 Å². The standard InChI is InChI=1S/C25H32N4O/c1-24-12-10-17-15(6-9-20-25(17,2)13-11-21(30)29(20)3)16(24)7-8-18(24)22-27-19-5-4-14-26-23(19)28-22/h4-5,11,13-18,20H,6-10,12H2,1-3H3,(H,26,27,28)/t15-,16-,17+,18?,20?,24-,25+/m0/s1. The normalized spacial score (nSPS) is 42.8. The van der Waals surface area contributed by atoms with Crippen LogP contribution in [0.2, 0.25) is 0 Å². The second-order valence-electron chi connectivity index (χ2n) is 10.8. The molecule has 30 heavy (non-hydrogen) atoms. The number of imidazole rings is 1. The van der Waals surface area contributed by atoms with Crippen molar-refractivity contribution in [1.82, 2.24) is 19.9 Å². The van der Waals surface area contributed by atoms with Crippen molar-refractivity contribution >= 4 is 17.1 Å². The highest BCUT2D eigenvalue weighted by molar-refractivity contribution is 5.89. The van der Waals surface area contributed by atoms with Gasteiger partial charge < -0.3 is 9.88 Å². The number of aromatic nitrogens is 3. The van der Waals surface area contributed by atoms with Crippen molar-refractivity contribution in [2.24, 2.45) is 28.6 Å². The lowest BCUT2D eigenvalue weighted by atomic mass is 9.47. The number of pyridine rings is 1. The van der Waals surface area contributed by atoms with Gasteiger partial charge in [0.15, 0.2) is 5.65 Å². The second kappa shape index (κ2) is 6.18. The predicted molar refractivity (Wildman–Crippen MR) is 117 cm³/mol. The molecular formula is C25H32N4O. The summed E-state index contributed by atoms with van der Waals surface area (Å²) < 4.78 is 0. The van der Waals surface area contributed by atoms with Gasteiger partial charge in [0.1, 0.15) is 5.82 Å². The van der Waals surface area contributed by atoms with E-state index in [0.29, 0.717) is 23.3 Å². The lowest BCUT2D eigenvalue weighted by molar-refractivity contribution is -0.138. The van der Waals surface area contributed by atoms with Crippen LogP contribution in [0.1, 0.15) is 64.1 Å². The molecule has 1 amide bonds. The molecular weight excluding hydrogens is 372 g/mol. The fraction of sp³-hybridized carbons (Fsp3) is 0.640. The zero-order valence-electron chi connectivity index (χ0n) is 18.3. The number of nitrogens with one attached hydrogen (secondary N) is 1. The summed E-state index contributed by atoms with van der Waals surface area (Å²) in [6, 6.07) is 4.42. The molecule has 3 heterocycles. The summed E-state index contributed by atoms with van der Waals surface area (Å²) in [5.41, 5.74) is 2.33. The lowest BCUT2D eigenvalue weighted by Crippen LogP contribution is -2.59. The molecule has 3 fully saturated rings. The number of hydrogen-bond donors (Lipinski definition) is 1. The minimum Gasteiger partial charge on any atom is -0.340 e. The molecule has 1 N–H and O–H groups in total. The molecule has 1 aliphatic heterocycles. The Labute approximate surface area is 178 Å². The van der Waals surface area contributed by atoms with E-state index >= 15 is 0 Å². The molecule has 4 aliphatic rings. The van der Waals surface area contributed by atoms with Gasteiger partial charge in [0, 0.05) is 30.6 Å². The van der Waals surface area contributed by atoms with Crippen LogP contribution in [0.25, 0.3) is 11.2 Å². The van der Waals surface area contributed by atoms with Crippen LogP contribution in [0.15, 0.2) is 30.5 Å². The van der Waals surface area contributed by atoms with Crippen molar-refractivity contribution in [1.29, 1.82) is 0 Å². The Bertz CT molecular complexity index is 1010. The van der Waals surface area contributed by atoms with Crippen LogP contribution in [0.5, 0.6) is 0 Å². The van der Waals surface area contributed by atoms with Crippen molar-refractivity contribution in [2.75, 3.05) is 7.05 Å². The molecule has 6 rings (SSSR count). The quantitative estimate of drug-likeness (QED) is 0.751. The van der Waals surface area contributed by atoms with E-state index in [2.05, 4.69) is 36.0 Å². The van der Waals surface area contributed by atoms with Gasteiger partial charge in [-0.05, 0) is 79.9 Å². The number of fused-ring (bicyclic) bond motifs is 6. The fourth-order valence-electron chi connectivity index (χ4n) is 8.22. The van der Waals surface area contributed by atoms with Crippen molar-refractivity contribution < 1.29 is 4.79 Å². The van der Waals surface area contributed by atoms with Gasteiger partial charge in [-0.3, -0.25) is 4.79 Å². The van der Waals surface area contributed by atoms with Crippen molar-refractivity contribution in [3.63, 3.8) is 0 Å². The summed E-state index contributed by atoms with van der Waals surface area (Å²) >= 11 is 0. The number of rotatable bonds is 1. The van der Waals surface area contributed by atoms with Gasteiger partial charge >= 0.3 is 0 Å². The molecule has 0 radical (unpaired) electrons.